The second-order valence-electron chi connectivity index (χ2n) is 7.78. The van der Waals surface area contributed by atoms with Crippen molar-refractivity contribution in [3.05, 3.63) is 83.6 Å². The Labute approximate surface area is 179 Å². The quantitative estimate of drug-likeness (QED) is 0.652. The van der Waals surface area contributed by atoms with Gasteiger partial charge < -0.3 is 10.2 Å². The highest BCUT2D eigenvalue weighted by Crippen LogP contribution is 2.20. The summed E-state index contributed by atoms with van der Waals surface area (Å²) in [5.41, 5.74) is 4.47. The van der Waals surface area contributed by atoms with Crippen LogP contribution in [0.2, 0.25) is 0 Å². The Bertz CT molecular complexity index is 974. The van der Waals surface area contributed by atoms with Crippen molar-refractivity contribution in [2.75, 3.05) is 42.9 Å². The molecule has 154 valence electrons. The van der Waals surface area contributed by atoms with Crippen LogP contribution in [0.5, 0.6) is 0 Å². The Morgan fingerprint density at radius 1 is 0.900 bits per heavy atom. The van der Waals surface area contributed by atoms with Gasteiger partial charge in [-0.2, -0.15) is 4.98 Å². The van der Waals surface area contributed by atoms with Gasteiger partial charge in [-0.25, -0.2) is 4.98 Å². The smallest absolute Gasteiger partial charge is 0.229 e. The number of piperazine rings is 1. The maximum absolute atomic E-state index is 4.77. The highest BCUT2D eigenvalue weighted by molar-refractivity contribution is 5.56. The van der Waals surface area contributed by atoms with Crippen LogP contribution in [0, 0.1) is 13.8 Å². The number of benzene rings is 2. The van der Waals surface area contributed by atoms with Crippen molar-refractivity contribution < 1.29 is 0 Å². The fourth-order valence-electron chi connectivity index (χ4n) is 3.60. The number of nitrogens with one attached hydrogen (secondary N) is 1. The molecule has 2 aromatic carbocycles. The monoisotopic (exact) mass is 399 g/mol. The number of aromatic nitrogens is 2. The van der Waals surface area contributed by atoms with Crippen LogP contribution < -0.4 is 10.2 Å². The van der Waals surface area contributed by atoms with Crippen molar-refractivity contribution in [2.45, 2.75) is 13.8 Å². The summed E-state index contributed by atoms with van der Waals surface area (Å²) in [5, 5.41) is 3.34. The van der Waals surface area contributed by atoms with Crippen LogP contribution in [-0.2, 0) is 0 Å². The molecule has 0 radical (unpaired) electrons. The molecule has 0 unspecified atom stereocenters. The lowest BCUT2D eigenvalue weighted by molar-refractivity contribution is 0.283. The summed E-state index contributed by atoms with van der Waals surface area (Å²) in [4.78, 5) is 14.2. The number of rotatable bonds is 6. The second kappa shape index (κ2) is 9.55. The maximum atomic E-state index is 4.77. The Morgan fingerprint density at radius 3 is 2.37 bits per heavy atom. The van der Waals surface area contributed by atoms with Gasteiger partial charge in [-0.15, -0.1) is 0 Å². The molecule has 0 aliphatic carbocycles. The first-order valence-corrected chi connectivity index (χ1v) is 10.5. The summed E-state index contributed by atoms with van der Waals surface area (Å²) in [6, 6.07) is 20.8. The molecule has 1 aliphatic rings. The molecule has 1 N–H and O–H groups in total. The number of anilines is 3. The van der Waals surface area contributed by atoms with Crippen molar-refractivity contribution in [1.29, 1.82) is 0 Å². The van der Waals surface area contributed by atoms with Crippen molar-refractivity contribution in [2.24, 2.45) is 0 Å². The van der Waals surface area contributed by atoms with Gasteiger partial charge >= 0.3 is 0 Å². The minimum atomic E-state index is 0.655. The molecule has 0 spiro atoms. The van der Waals surface area contributed by atoms with Gasteiger partial charge in [0.1, 0.15) is 5.82 Å². The van der Waals surface area contributed by atoms with Crippen molar-refractivity contribution in [3.8, 4) is 0 Å². The Morgan fingerprint density at radius 2 is 1.63 bits per heavy atom. The zero-order valence-corrected chi connectivity index (χ0v) is 17.8. The molecule has 3 aromatic rings. The Balaban J connectivity index is 1.34. The van der Waals surface area contributed by atoms with E-state index in [-0.39, 0.29) is 0 Å². The van der Waals surface area contributed by atoms with Crippen LogP contribution in [0.4, 0.5) is 17.5 Å². The van der Waals surface area contributed by atoms with Crippen LogP contribution in [0.3, 0.4) is 0 Å². The van der Waals surface area contributed by atoms with Crippen molar-refractivity contribution in [3.63, 3.8) is 0 Å². The largest absolute Gasteiger partial charge is 0.354 e. The topological polar surface area (TPSA) is 44.3 Å². The fraction of sp³-hybridized carbons (Fsp3) is 0.280. The Kier molecular flexibility index (Phi) is 6.40. The first kappa shape index (κ1) is 20.1. The number of hydrogen-bond donors (Lipinski definition) is 1. The minimum absolute atomic E-state index is 0.655. The van der Waals surface area contributed by atoms with E-state index in [0.29, 0.717) is 5.95 Å². The minimum Gasteiger partial charge on any atom is -0.354 e. The van der Waals surface area contributed by atoms with Crippen LogP contribution in [0.15, 0.2) is 66.7 Å². The van der Waals surface area contributed by atoms with Gasteiger partial charge in [0, 0.05) is 50.2 Å². The molecule has 30 heavy (non-hydrogen) atoms. The van der Waals surface area contributed by atoms with Crippen LogP contribution >= 0.6 is 0 Å². The second-order valence-corrected chi connectivity index (χ2v) is 7.78. The van der Waals surface area contributed by atoms with Gasteiger partial charge in [-0.1, -0.05) is 60.2 Å². The molecule has 1 fully saturated rings. The summed E-state index contributed by atoms with van der Waals surface area (Å²) >= 11 is 0. The standard InChI is InChI=1S/C25H29N5/c1-20-10-12-23(13-11-20)27-25-26-21(2)19-24(28-25)30-17-15-29(16-18-30)14-6-9-22-7-4-3-5-8-22/h3-13,19H,14-18H2,1-2H3,(H,26,27,28)/b9-6+. The molecule has 0 amide bonds. The summed E-state index contributed by atoms with van der Waals surface area (Å²) in [5.74, 6) is 1.65. The molecule has 1 saturated heterocycles. The van der Waals surface area contributed by atoms with Gasteiger partial charge in [-0.05, 0) is 31.5 Å². The summed E-state index contributed by atoms with van der Waals surface area (Å²) in [6.07, 6.45) is 4.45. The molecular formula is C25H29N5. The molecule has 1 aromatic heterocycles. The first-order chi connectivity index (χ1) is 14.7. The summed E-state index contributed by atoms with van der Waals surface area (Å²) in [6.45, 7) is 9.09. The average molecular weight is 400 g/mol. The first-order valence-electron chi connectivity index (χ1n) is 10.5. The predicted octanol–water partition coefficient (Wildman–Crippen LogP) is 4.67. The van der Waals surface area contributed by atoms with E-state index in [0.717, 1.165) is 49.9 Å². The summed E-state index contributed by atoms with van der Waals surface area (Å²) in [7, 11) is 0. The fourth-order valence-corrected chi connectivity index (χ4v) is 3.60. The lowest BCUT2D eigenvalue weighted by Gasteiger charge is -2.35. The lowest BCUT2D eigenvalue weighted by Crippen LogP contribution is -2.46. The van der Waals surface area contributed by atoms with Gasteiger partial charge in [0.25, 0.3) is 0 Å². The van der Waals surface area contributed by atoms with Gasteiger partial charge in [-0.3, -0.25) is 4.90 Å². The Hall–Kier alpha value is -3.18. The van der Waals surface area contributed by atoms with E-state index < -0.39 is 0 Å². The molecule has 5 nitrogen and oxygen atoms in total. The van der Waals surface area contributed by atoms with Crippen LogP contribution in [0.25, 0.3) is 6.08 Å². The number of hydrogen-bond acceptors (Lipinski definition) is 5. The molecule has 0 saturated carbocycles. The van der Waals surface area contributed by atoms with Gasteiger partial charge in [0.2, 0.25) is 5.95 Å². The molecular weight excluding hydrogens is 370 g/mol. The SMILES string of the molecule is Cc1ccc(Nc2nc(C)cc(N3CCN(C/C=C/c4ccccc4)CC3)n2)cc1. The molecule has 0 bridgehead atoms. The van der Waals surface area contributed by atoms with E-state index in [4.69, 9.17) is 4.98 Å². The zero-order valence-electron chi connectivity index (χ0n) is 17.8. The molecule has 4 rings (SSSR count). The van der Waals surface area contributed by atoms with E-state index in [2.05, 4.69) is 93.8 Å². The number of nitrogens with zero attached hydrogens (tertiary/aromatic N) is 4. The van der Waals surface area contributed by atoms with E-state index in [1.54, 1.807) is 0 Å². The molecule has 5 heteroatoms. The van der Waals surface area contributed by atoms with Gasteiger partial charge in [0.05, 0.1) is 0 Å². The van der Waals surface area contributed by atoms with Gasteiger partial charge in [0.15, 0.2) is 0 Å². The third-order valence-electron chi connectivity index (χ3n) is 5.32. The predicted molar refractivity (Wildman–Crippen MR) is 125 cm³/mol. The average Bonchev–Trinajstić information content (AvgIpc) is 2.76. The third kappa shape index (κ3) is 5.45. The zero-order chi connectivity index (χ0) is 20.8. The molecule has 2 heterocycles. The highest BCUT2D eigenvalue weighted by Gasteiger charge is 2.18. The molecule has 0 atom stereocenters. The van der Waals surface area contributed by atoms with Crippen molar-refractivity contribution in [1.82, 2.24) is 14.9 Å². The third-order valence-corrected chi connectivity index (χ3v) is 5.32. The molecule has 1 aliphatic heterocycles. The highest BCUT2D eigenvalue weighted by atomic mass is 15.3. The van der Waals surface area contributed by atoms with E-state index in [9.17, 15) is 0 Å². The van der Waals surface area contributed by atoms with Crippen molar-refractivity contribution >= 4 is 23.5 Å². The normalized spacial score (nSPS) is 14.9. The lowest BCUT2D eigenvalue weighted by atomic mass is 10.2. The van der Waals surface area contributed by atoms with E-state index in [1.165, 1.54) is 11.1 Å². The summed E-state index contributed by atoms with van der Waals surface area (Å²) < 4.78 is 0. The number of aryl methyl sites for hydroxylation is 2. The van der Waals surface area contributed by atoms with Crippen LogP contribution in [0.1, 0.15) is 16.8 Å². The van der Waals surface area contributed by atoms with E-state index in [1.807, 2.05) is 13.0 Å². The van der Waals surface area contributed by atoms with E-state index >= 15 is 0 Å². The maximum Gasteiger partial charge on any atom is 0.229 e. The van der Waals surface area contributed by atoms with Crippen LogP contribution in [-0.4, -0.2) is 47.6 Å².